The highest BCUT2D eigenvalue weighted by Gasteiger charge is 2.28. The number of likely N-dealkylation sites (N-methyl/N-ethyl adjacent to an activating group) is 1. The zero-order valence-electron chi connectivity index (χ0n) is 38.6. The molecule has 0 fully saturated rings. The number of aromatic nitrogens is 2. The van der Waals surface area contributed by atoms with Gasteiger partial charge in [0.1, 0.15) is 11.2 Å². The van der Waals surface area contributed by atoms with Crippen molar-refractivity contribution in [1.29, 1.82) is 0 Å². The van der Waals surface area contributed by atoms with Gasteiger partial charge in [-0.05, 0) is 103 Å². The van der Waals surface area contributed by atoms with E-state index >= 15 is 0 Å². The predicted octanol–water partition coefficient (Wildman–Crippen LogP) is 11.7. The third kappa shape index (κ3) is 10.7. The van der Waals surface area contributed by atoms with Crippen LogP contribution in [-0.4, -0.2) is 50.5 Å². The first-order valence-electron chi connectivity index (χ1n) is 23.1. The normalized spacial score (nSPS) is 15.2. The lowest BCUT2D eigenvalue weighted by Gasteiger charge is -2.29. The summed E-state index contributed by atoms with van der Waals surface area (Å²) in [4.78, 5) is 5.56. The monoisotopic (exact) mass is 1010 g/mol. The van der Waals surface area contributed by atoms with E-state index in [4.69, 9.17) is 0 Å². The molecule has 0 saturated carbocycles. The number of rotatable bonds is 14. The van der Waals surface area contributed by atoms with E-state index < -0.39 is 31.7 Å². The van der Waals surface area contributed by atoms with Crippen LogP contribution in [0.5, 0.6) is 0 Å². The highest BCUT2D eigenvalue weighted by molar-refractivity contribution is 8.03. The number of fused-ring (bicyclic) bond motifs is 8. The van der Waals surface area contributed by atoms with E-state index in [0.29, 0.717) is 19.5 Å². The predicted molar refractivity (Wildman–Crippen MR) is 286 cm³/mol. The van der Waals surface area contributed by atoms with Gasteiger partial charge in [0.05, 0.1) is 36.3 Å². The molecule has 0 aliphatic carbocycles. The van der Waals surface area contributed by atoms with E-state index in [-0.39, 0.29) is 12.8 Å². The maximum Gasteiger partial charge on any atom is 0.263 e. The number of thioether (sulfide) groups is 1. The molecule has 15 heteroatoms. The number of anilines is 2. The second-order valence-electron chi connectivity index (χ2n) is 16.8. The van der Waals surface area contributed by atoms with Crippen LogP contribution >= 0.6 is 34.4 Å². The van der Waals surface area contributed by atoms with Gasteiger partial charge in [0.15, 0.2) is 6.54 Å². The fraction of sp³-hybridized carbons (Fsp3) is 0.222. The van der Waals surface area contributed by atoms with Crippen LogP contribution in [0.15, 0.2) is 154 Å². The van der Waals surface area contributed by atoms with Crippen LogP contribution in [0.4, 0.5) is 11.4 Å². The van der Waals surface area contributed by atoms with Gasteiger partial charge in [0.2, 0.25) is 16.7 Å². The molecule has 5 heterocycles. The van der Waals surface area contributed by atoms with Crippen molar-refractivity contribution in [2.24, 2.45) is 0 Å². The number of aryl methyl sites for hydroxylation is 2. The van der Waals surface area contributed by atoms with Gasteiger partial charge in [-0.2, -0.15) is 9.13 Å². The molecule has 0 atom stereocenters. The van der Waals surface area contributed by atoms with Crippen molar-refractivity contribution in [2.75, 3.05) is 34.4 Å². The van der Waals surface area contributed by atoms with Crippen molar-refractivity contribution in [3.8, 4) is 0 Å². The van der Waals surface area contributed by atoms with Crippen molar-refractivity contribution >= 4 is 126 Å². The lowest BCUT2D eigenvalue weighted by atomic mass is 10.0. The van der Waals surface area contributed by atoms with Gasteiger partial charge in [-0.1, -0.05) is 96.8 Å². The van der Waals surface area contributed by atoms with Crippen LogP contribution in [0, 0.1) is 0 Å². The second-order valence-corrected chi connectivity index (χ2v) is 22.9. The van der Waals surface area contributed by atoms with Crippen molar-refractivity contribution in [3.05, 3.63) is 165 Å². The Morgan fingerprint density at radius 2 is 1.43 bits per heavy atom. The summed E-state index contributed by atoms with van der Waals surface area (Å²) >= 11 is 4.88. The Balaban J connectivity index is 0.000000200. The van der Waals surface area contributed by atoms with E-state index in [9.17, 15) is 25.9 Å². The van der Waals surface area contributed by atoms with Crippen LogP contribution in [0.2, 0.25) is 0 Å². The summed E-state index contributed by atoms with van der Waals surface area (Å²) in [5.41, 5.74) is 9.38. The first kappa shape index (κ1) is 48.4. The quantitative estimate of drug-likeness (QED) is 0.0772. The molecule has 69 heavy (non-hydrogen) atoms. The molecular formula is C54H52N4O6S5. The van der Waals surface area contributed by atoms with E-state index in [2.05, 4.69) is 167 Å². The van der Waals surface area contributed by atoms with Crippen molar-refractivity contribution in [2.45, 2.75) is 58.0 Å². The smallest absolute Gasteiger partial charge is 0.263 e. The molecule has 354 valence electrons. The average molecular weight is 1010 g/mol. The standard InChI is InChI=1S/C31H30N2O6S5.C23H23N2/c1-2-21(20-29-33(15-6-18-44(37,38)39)31-24-13-16-40-25(24)11-12-27(31)42-29)19-28-32(14-5-17-43(34,35)36)30-23-8-4-3-7-22(23)9-10-26(30)41-28;1-3-24-20(15-13-18-9-5-7-11-22(18)24)17-21-16-14-19-10-6-8-12-23(19)25(21)4-2/h3-4,7-13,16,19-20H,2,5-6,14-15,17-18H2,1H3,(H-,34,35,36,37,38,39);5-17H,3-4H2,1-2H3/q;+1/p-1. The molecule has 5 aromatic carbocycles. The molecule has 0 amide bonds. The lowest BCUT2D eigenvalue weighted by molar-refractivity contribution is -0.669. The topological polar surface area (TPSA) is 129 Å². The zero-order valence-corrected chi connectivity index (χ0v) is 42.7. The van der Waals surface area contributed by atoms with Gasteiger partial charge in [0.25, 0.3) is 5.01 Å². The van der Waals surface area contributed by atoms with E-state index in [1.165, 1.54) is 33.5 Å². The molecular weight excluding hydrogens is 961 g/mol. The Morgan fingerprint density at radius 3 is 2.22 bits per heavy atom. The molecule has 2 aliphatic rings. The Kier molecular flexibility index (Phi) is 14.5. The van der Waals surface area contributed by atoms with Crippen molar-refractivity contribution in [3.63, 3.8) is 0 Å². The SMILES string of the molecule is CCC(/C=C1\Sc2ccc3ccccc3c2N1CCCS(=O)(=O)[O-])=C\c1sc2ccc3sccc3c2[n+]1CCCS(=O)(=O)[O-].CCN1/C(=C/c2ccc3ccccc3[n+]2CC)C=Cc2ccccc21. The summed E-state index contributed by atoms with van der Waals surface area (Å²) in [6, 6.07) is 40.1. The van der Waals surface area contributed by atoms with Crippen LogP contribution in [0.3, 0.4) is 0 Å². The summed E-state index contributed by atoms with van der Waals surface area (Å²) in [6.45, 7) is 9.15. The zero-order chi connectivity index (χ0) is 48.3. The molecule has 0 saturated heterocycles. The number of thiazole rings is 1. The van der Waals surface area contributed by atoms with Crippen molar-refractivity contribution < 1.29 is 35.1 Å². The van der Waals surface area contributed by atoms with Crippen LogP contribution < -0.4 is 18.9 Å². The number of para-hydroxylation sites is 2. The fourth-order valence-corrected chi connectivity index (χ4v) is 13.3. The molecule has 10 nitrogen and oxygen atoms in total. The number of hydrogen-bond donors (Lipinski definition) is 0. The number of hydrogen-bond acceptors (Lipinski definition) is 11. The molecule has 0 bridgehead atoms. The second kappa shape index (κ2) is 20.7. The molecule has 10 rings (SSSR count). The molecule has 0 N–H and O–H groups in total. The molecule has 0 radical (unpaired) electrons. The van der Waals surface area contributed by atoms with E-state index in [1.807, 2.05) is 23.6 Å². The molecule has 0 unspecified atom stereocenters. The minimum Gasteiger partial charge on any atom is -0.748 e. The van der Waals surface area contributed by atoms with Gasteiger partial charge in [-0.3, -0.25) is 0 Å². The number of thiophene rings is 1. The summed E-state index contributed by atoms with van der Waals surface area (Å²) in [5, 5.41) is 8.44. The number of allylic oxidation sites excluding steroid dienone is 3. The summed E-state index contributed by atoms with van der Waals surface area (Å²) in [6.07, 6.45) is 12.1. The third-order valence-corrected chi connectivity index (χ3v) is 17.0. The Morgan fingerprint density at radius 1 is 0.710 bits per heavy atom. The van der Waals surface area contributed by atoms with Gasteiger partial charge in [-0.15, -0.1) is 11.3 Å². The molecule has 3 aromatic heterocycles. The van der Waals surface area contributed by atoms with Crippen molar-refractivity contribution in [1.82, 2.24) is 0 Å². The van der Waals surface area contributed by atoms with E-state index in [1.54, 1.807) is 34.4 Å². The maximum absolute atomic E-state index is 11.4. The van der Waals surface area contributed by atoms with Gasteiger partial charge in [-0.25, -0.2) is 16.8 Å². The Bertz CT molecular complexity index is 3590. The highest BCUT2D eigenvalue weighted by atomic mass is 32.2. The first-order chi connectivity index (χ1) is 33.3. The minimum absolute atomic E-state index is 0.202. The van der Waals surface area contributed by atoms with E-state index in [0.717, 1.165) is 70.4 Å². The number of benzene rings is 5. The highest BCUT2D eigenvalue weighted by Crippen LogP contribution is 2.50. The average Bonchev–Trinajstić information content (AvgIpc) is 4.06. The summed E-state index contributed by atoms with van der Waals surface area (Å²) in [5.74, 6) is -0.863. The molecule has 8 aromatic rings. The summed E-state index contributed by atoms with van der Waals surface area (Å²) < 4.78 is 75.1. The largest absolute Gasteiger partial charge is 0.748 e. The van der Waals surface area contributed by atoms with Gasteiger partial charge < -0.3 is 18.9 Å². The molecule has 2 aliphatic heterocycles. The number of pyridine rings is 1. The minimum atomic E-state index is -4.34. The first-order valence-corrected chi connectivity index (χ1v) is 28.8. The lowest BCUT2D eigenvalue weighted by Crippen LogP contribution is -2.37. The fourth-order valence-electron chi connectivity index (χ4n) is 9.21. The van der Waals surface area contributed by atoms with Crippen LogP contribution in [-0.2, 0) is 33.3 Å². The maximum atomic E-state index is 11.4. The number of nitrogens with zero attached hydrogens (tertiary/aromatic N) is 4. The molecule has 0 spiro atoms. The Labute approximate surface area is 416 Å². The van der Waals surface area contributed by atoms with Gasteiger partial charge >= 0.3 is 0 Å². The Hall–Kier alpha value is -5.65. The third-order valence-electron chi connectivity index (χ3n) is 12.4. The summed E-state index contributed by atoms with van der Waals surface area (Å²) in [7, 11) is -8.67. The van der Waals surface area contributed by atoms with Gasteiger partial charge in [0, 0.05) is 87.1 Å². The van der Waals surface area contributed by atoms with Crippen LogP contribution in [0.25, 0.3) is 60.2 Å². The van der Waals surface area contributed by atoms with Crippen LogP contribution in [0.1, 0.15) is 56.3 Å².